The van der Waals surface area contributed by atoms with Crippen LogP contribution in [-0.4, -0.2) is 18.9 Å². The van der Waals surface area contributed by atoms with Crippen molar-refractivity contribution in [3.8, 4) is 45.3 Å². The summed E-state index contributed by atoms with van der Waals surface area (Å²) in [4.78, 5) is 11.7. The summed E-state index contributed by atoms with van der Waals surface area (Å²) in [7, 11) is -0.610. The Kier molecular flexibility index (Phi) is 9.21. The summed E-state index contributed by atoms with van der Waals surface area (Å²) in [5.41, 5.74) is 13.7. The van der Waals surface area contributed by atoms with E-state index in [9.17, 15) is 0 Å². The quantitative estimate of drug-likeness (QED) is 0.155. The number of hydrogen-bond donors (Lipinski definition) is 0. The van der Waals surface area contributed by atoms with E-state index in [2.05, 4.69) is 181 Å². The number of anilines is 6. The summed E-state index contributed by atoms with van der Waals surface area (Å²) in [5, 5.41) is 0. The Morgan fingerprint density at radius 3 is 1.73 bits per heavy atom. The Morgan fingerprint density at radius 2 is 1.11 bits per heavy atom. The molecule has 0 spiro atoms. The summed E-state index contributed by atoms with van der Waals surface area (Å²) < 4.78 is 19.3. The molecular weight excluding hydrogens is 763 g/mol. The van der Waals surface area contributed by atoms with Gasteiger partial charge in [-0.3, -0.25) is 4.81 Å². The van der Waals surface area contributed by atoms with E-state index in [1.807, 2.05) is 41.3 Å². The molecule has 10 rings (SSSR count). The van der Waals surface area contributed by atoms with Crippen LogP contribution in [-0.2, 0) is 16.2 Å². The van der Waals surface area contributed by atoms with E-state index in [-0.39, 0.29) is 16.2 Å². The van der Waals surface area contributed by atoms with Crippen molar-refractivity contribution in [3.05, 3.63) is 162 Å². The zero-order valence-corrected chi connectivity index (χ0v) is 37.2. The molecule has 8 heteroatoms. The molecule has 0 atom stereocenters. The lowest BCUT2D eigenvalue weighted by atomic mass is 9.73. The predicted octanol–water partition coefficient (Wildman–Crippen LogP) is 14.3. The molecule has 0 N–H and O–H groups in total. The summed E-state index contributed by atoms with van der Waals surface area (Å²) in [6.45, 7) is 21.2. The number of ether oxygens (including phenoxy) is 1. The van der Waals surface area contributed by atoms with Gasteiger partial charge in [0.2, 0.25) is 0 Å². The normalized spacial score (nSPS) is 14.3. The van der Waals surface area contributed by atoms with E-state index >= 15 is 0 Å². The molecule has 0 bridgehead atoms. The van der Waals surface area contributed by atoms with Crippen LogP contribution in [0.2, 0.25) is 0 Å². The van der Waals surface area contributed by atoms with Gasteiger partial charge in [-0.15, -0.1) is 0 Å². The molecule has 3 aliphatic heterocycles. The van der Waals surface area contributed by atoms with Crippen LogP contribution in [0.25, 0.3) is 22.3 Å². The molecular formula is C54H53BN4O3. The highest BCUT2D eigenvalue weighted by molar-refractivity contribution is 6.58. The monoisotopic (exact) mass is 816 g/mol. The van der Waals surface area contributed by atoms with Crippen LogP contribution >= 0.6 is 0 Å². The average Bonchev–Trinajstić information content (AvgIpc) is 3.93. The Balaban J connectivity index is 1.06. The molecule has 0 fully saturated rings. The highest BCUT2D eigenvalue weighted by Gasteiger charge is 2.51. The van der Waals surface area contributed by atoms with E-state index < -0.39 is 7.25 Å². The van der Waals surface area contributed by atoms with Crippen molar-refractivity contribution in [2.75, 3.05) is 21.3 Å². The third-order valence-corrected chi connectivity index (χ3v) is 12.2. The van der Waals surface area contributed by atoms with Crippen molar-refractivity contribution in [1.29, 1.82) is 0 Å². The number of nitrogens with zero attached hydrogens (tertiary/aromatic N) is 4. The first-order chi connectivity index (χ1) is 29.6. The molecule has 310 valence electrons. The lowest BCUT2D eigenvalue weighted by molar-refractivity contribution is 0.439. The minimum Gasteiger partial charge on any atom is -0.505 e. The lowest BCUT2D eigenvalue weighted by Gasteiger charge is -2.36. The Bertz CT molecular complexity index is 2770. The fraction of sp³-hybridized carbons (Fsp3) is 0.241. The summed E-state index contributed by atoms with van der Waals surface area (Å²) in [5.74, 6) is 3.68. The van der Waals surface area contributed by atoms with Crippen molar-refractivity contribution in [1.82, 2.24) is 4.98 Å². The first kappa shape index (κ1) is 39.5. The van der Waals surface area contributed by atoms with E-state index in [0.717, 1.165) is 51.4 Å². The molecule has 1 aromatic heterocycles. The van der Waals surface area contributed by atoms with Gasteiger partial charge < -0.3 is 23.8 Å². The van der Waals surface area contributed by atoms with Gasteiger partial charge in [0.1, 0.15) is 29.7 Å². The number of para-hydroxylation sites is 2. The Hall–Kier alpha value is -6.67. The molecule has 0 saturated carbocycles. The van der Waals surface area contributed by atoms with Crippen molar-refractivity contribution >= 4 is 41.5 Å². The molecule has 3 aliphatic rings. The number of fused-ring (bicyclic) bond motifs is 6. The van der Waals surface area contributed by atoms with Crippen molar-refractivity contribution in [3.63, 3.8) is 0 Å². The number of hydrogen-bond acceptors (Lipinski definition) is 7. The standard InChI is InChI=1S/C54H53BN4O3/c1-52(2,3)40-29-30-56-51-50(40)62-55-59(51)45-32-39(27-28-46(45)61-55)60-38-24-18-23-37(31-38)57-34-58(44-26-17-16-25-43(44)57)49-47(35-19-12-10-13-20-35)41(53(4,5)6)33-42(54(7,8)9)48(49)36-21-14-11-15-22-36/h10-33H,34H2,1-9H3. The van der Waals surface area contributed by atoms with E-state index in [0.29, 0.717) is 12.4 Å². The van der Waals surface area contributed by atoms with Gasteiger partial charge in [0, 0.05) is 40.7 Å². The molecule has 0 radical (unpaired) electrons. The van der Waals surface area contributed by atoms with Gasteiger partial charge in [-0.25, -0.2) is 4.98 Å². The van der Waals surface area contributed by atoms with Crippen LogP contribution < -0.4 is 28.7 Å². The van der Waals surface area contributed by atoms with Crippen LogP contribution in [0.3, 0.4) is 0 Å². The van der Waals surface area contributed by atoms with Gasteiger partial charge in [0.25, 0.3) is 0 Å². The molecule has 0 unspecified atom stereocenters. The van der Waals surface area contributed by atoms with Crippen LogP contribution in [0.1, 0.15) is 79.0 Å². The largest absolute Gasteiger partial charge is 0.744 e. The molecule has 0 amide bonds. The van der Waals surface area contributed by atoms with Gasteiger partial charge in [-0.2, -0.15) is 0 Å². The van der Waals surface area contributed by atoms with Crippen molar-refractivity contribution < 1.29 is 14.0 Å². The third-order valence-electron chi connectivity index (χ3n) is 12.2. The topological polar surface area (TPSA) is 50.3 Å². The van der Waals surface area contributed by atoms with Gasteiger partial charge in [0.15, 0.2) is 5.82 Å². The lowest BCUT2D eigenvalue weighted by Crippen LogP contribution is -2.36. The van der Waals surface area contributed by atoms with Gasteiger partial charge in [-0.1, -0.05) is 147 Å². The summed E-state index contributed by atoms with van der Waals surface area (Å²) in [6.07, 6.45) is 1.85. The average molecular weight is 817 g/mol. The number of benzene rings is 6. The second-order valence-corrected chi connectivity index (χ2v) is 19.7. The molecule has 0 aliphatic carbocycles. The molecule has 6 aromatic carbocycles. The second kappa shape index (κ2) is 14.5. The third kappa shape index (κ3) is 6.73. The molecule has 62 heavy (non-hydrogen) atoms. The molecule has 4 heterocycles. The Morgan fingerprint density at radius 1 is 0.532 bits per heavy atom. The zero-order chi connectivity index (χ0) is 43.1. The second-order valence-electron chi connectivity index (χ2n) is 19.7. The SMILES string of the molecule is CC(C)(C)c1ccnc2c1OB1Oc3ccc(Oc4cccc(N5CN(c6c(-c7ccccc7)c(C(C)(C)C)cc(C(C)(C)C)c6-c6ccccc6)c6ccccc65)c4)cc3N12. The van der Waals surface area contributed by atoms with Gasteiger partial charge in [-0.05, 0) is 81.0 Å². The highest BCUT2D eigenvalue weighted by atomic mass is 16.6. The maximum Gasteiger partial charge on any atom is 0.744 e. The van der Waals surface area contributed by atoms with Crippen LogP contribution in [0, 0.1) is 0 Å². The van der Waals surface area contributed by atoms with Crippen LogP contribution in [0.5, 0.6) is 23.0 Å². The van der Waals surface area contributed by atoms with Crippen LogP contribution in [0.15, 0.2) is 146 Å². The number of aromatic nitrogens is 1. The fourth-order valence-electron chi connectivity index (χ4n) is 9.22. The summed E-state index contributed by atoms with van der Waals surface area (Å²) in [6, 6.07) is 49.5. The molecule has 7 aromatic rings. The maximum atomic E-state index is 6.69. The minimum atomic E-state index is -0.610. The zero-order valence-electron chi connectivity index (χ0n) is 37.2. The first-order valence-corrected chi connectivity index (χ1v) is 21.7. The highest BCUT2D eigenvalue weighted by Crippen LogP contribution is 2.56. The van der Waals surface area contributed by atoms with Gasteiger partial charge in [0.05, 0.1) is 22.7 Å². The maximum absolute atomic E-state index is 6.69. The predicted molar refractivity (Wildman–Crippen MR) is 255 cm³/mol. The van der Waals surface area contributed by atoms with E-state index in [4.69, 9.17) is 19.0 Å². The smallest absolute Gasteiger partial charge is 0.505 e. The fourth-order valence-corrected chi connectivity index (χ4v) is 9.22. The van der Waals surface area contributed by atoms with E-state index in [1.54, 1.807) is 0 Å². The molecule has 0 saturated heterocycles. The Labute approximate surface area is 366 Å². The van der Waals surface area contributed by atoms with Crippen LogP contribution in [0.4, 0.5) is 34.3 Å². The van der Waals surface area contributed by atoms with Gasteiger partial charge >= 0.3 is 7.25 Å². The first-order valence-electron chi connectivity index (χ1n) is 21.7. The molecule has 7 nitrogen and oxygen atoms in total. The number of rotatable bonds is 6. The van der Waals surface area contributed by atoms with Crippen molar-refractivity contribution in [2.24, 2.45) is 0 Å². The summed E-state index contributed by atoms with van der Waals surface area (Å²) >= 11 is 0. The number of pyridine rings is 1. The van der Waals surface area contributed by atoms with Crippen molar-refractivity contribution in [2.45, 2.75) is 78.6 Å². The van der Waals surface area contributed by atoms with E-state index in [1.165, 1.54) is 39.1 Å². The minimum absolute atomic E-state index is 0.112.